The summed E-state index contributed by atoms with van der Waals surface area (Å²) in [6, 6.07) is 11.3. The molecule has 2 rings (SSSR count). The standard InChI is InChI=1S/C17H21NO3S/c1-12(2)22(20,21)17(3,4)16(19)11-14-10-9-13-7-5-6-8-15(13)18-14/h5-10,12H,11H2,1-4H3. The van der Waals surface area contributed by atoms with Gasteiger partial charge < -0.3 is 0 Å². The maximum atomic E-state index is 12.5. The predicted molar refractivity (Wildman–Crippen MR) is 88.6 cm³/mol. The van der Waals surface area contributed by atoms with Crippen molar-refractivity contribution in [3.05, 3.63) is 42.1 Å². The van der Waals surface area contributed by atoms with Gasteiger partial charge in [-0.1, -0.05) is 24.3 Å². The molecule has 5 heteroatoms. The minimum Gasteiger partial charge on any atom is -0.298 e. The van der Waals surface area contributed by atoms with Crippen LogP contribution in [0.4, 0.5) is 0 Å². The van der Waals surface area contributed by atoms with Crippen LogP contribution >= 0.6 is 0 Å². The minimum absolute atomic E-state index is 0.0176. The highest BCUT2D eigenvalue weighted by Gasteiger charge is 2.42. The first-order chi connectivity index (χ1) is 10.2. The van der Waals surface area contributed by atoms with Crippen molar-refractivity contribution in [2.24, 2.45) is 0 Å². The van der Waals surface area contributed by atoms with E-state index < -0.39 is 19.8 Å². The molecule has 0 saturated heterocycles. The second-order valence-electron chi connectivity index (χ2n) is 6.20. The summed E-state index contributed by atoms with van der Waals surface area (Å²) in [4.78, 5) is 16.9. The second-order valence-corrected chi connectivity index (χ2v) is 9.25. The summed E-state index contributed by atoms with van der Waals surface area (Å²) in [5.74, 6) is -0.330. The molecule has 2 aromatic rings. The zero-order valence-electron chi connectivity index (χ0n) is 13.3. The molecule has 0 radical (unpaired) electrons. The zero-order valence-corrected chi connectivity index (χ0v) is 14.1. The number of Topliss-reactive ketones (excluding diaryl/α,β-unsaturated/α-hetero) is 1. The van der Waals surface area contributed by atoms with Gasteiger partial charge in [0, 0.05) is 11.1 Å². The third-order valence-corrected chi connectivity index (χ3v) is 6.89. The normalized spacial score (nSPS) is 12.8. The Bertz CT molecular complexity index is 808. The second kappa shape index (κ2) is 5.80. The number of ketones is 1. The van der Waals surface area contributed by atoms with Gasteiger partial charge in [0.2, 0.25) is 0 Å². The molecular weight excluding hydrogens is 298 g/mol. The SMILES string of the molecule is CC(C)S(=O)(=O)C(C)(C)C(=O)Cc1ccc2ccccc2n1. The highest BCUT2D eigenvalue weighted by Crippen LogP contribution is 2.24. The molecular formula is C17H21NO3S. The van der Waals surface area contributed by atoms with Gasteiger partial charge in [0.05, 0.1) is 17.2 Å². The van der Waals surface area contributed by atoms with Crippen molar-refractivity contribution in [1.82, 2.24) is 4.98 Å². The molecule has 0 amide bonds. The minimum atomic E-state index is -3.52. The van der Waals surface area contributed by atoms with Gasteiger partial charge >= 0.3 is 0 Å². The average molecular weight is 319 g/mol. The Balaban J connectivity index is 2.30. The predicted octanol–water partition coefficient (Wildman–Crippen LogP) is 2.95. The van der Waals surface area contributed by atoms with Crippen molar-refractivity contribution in [3.8, 4) is 0 Å². The number of carbonyl (C=O) groups excluding carboxylic acids is 1. The fourth-order valence-electron chi connectivity index (χ4n) is 2.33. The van der Waals surface area contributed by atoms with Gasteiger partial charge in [0.15, 0.2) is 15.6 Å². The van der Waals surface area contributed by atoms with E-state index in [9.17, 15) is 13.2 Å². The lowest BCUT2D eigenvalue weighted by molar-refractivity contribution is -0.120. The third-order valence-electron chi connectivity index (χ3n) is 4.00. The van der Waals surface area contributed by atoms with E-state index in [2.05, 4.69) is 4.98 Å². The average Bonchev–Trinajstić information content (AvgIpc) is 2.46. The Morgan fingerprint density at radius 1 is 1.14 bits per heavy atom. The van der Waals surface area contributed by atoms with Gasteiger partial charge in [-0.2, -0.15) is 0 Å². The number of carbonyl (C=O) groups is 1. The molecule has 0 aliphatic carbocycles. The number of hydrogen-bond donors (Lipinski definition) is 0. The van der Waals surface area contributed by atoms with Crippen LogP contribution in [-0.4, -0.2) is 29.2 Å². The Hall–Kier alpha value is -1.75. The van der Waals surface area contributed by atoms with Crippen LogP contribution in [0.2, 0.25) is 0 Å². The molecule has 1 aromatic carbocycles. The zero-order chi connectivity index (χ0) is 16.5. The summed E-state index contributed by atoms with van der Waals surface area (Å²) in [6.45, 7) is 6.15. The van der Waals surface area contributed by atoms with Crippen molar-refractivity contribution < 1.29 is 13.2 Å². The fourth-order valence-corrected chi connectivity index (χ4v) is 3.90. The summed E-state index contributed by atoms with van der Waals surface area (Å²) < 4.78 is 23.3. The van der Waals surface area contributed by atoms with Crippen LogP contribution in [0.3, 0.4) is 0 Å². The number of benzene rings is 1. The van der Waals surface area contributed by atoms with E-state index in [0.29, 0.717) is 5.69 Å². The van der Waals surface area contributed by atoms with Crippen LogP contribution in [0, 0.1) is 0 Å². The topological polar surface area (TPSA) is 64.1 Å². The Labute approximate surface area is 131 Å². The number of rotatable bonds is 5. The number of fused-ring (bicyclic) bond motifs is 1. The molecule has 1 aromatic heterocycles. The lowest BCUT2D eigenvalue weighted by Crippen LogP contribution is -2.45. The molecule has 0 N–H and O–H groups in total. The highest BCUT2D eigenvalue weighted by atomic mass is 32.2. The largest absolute Gasteiger partial charge is 0.298 e. The van der Waals surface area contributed by atoms with Gasteiger partial charge in [-0.25, -0.2) is 8.42 Å². The Morgan fingerprint density at radius 3 is 2.41 bits per heavy atom. The molecule has 0 saturated carbocycles. The van der Waals surface area contributed by atoms with Crippen molar-refractivity contribution in [2.45, 2.75) is 44.1 Å². The number of sulfone groups is 1. The summed E-state index contributed by atoms with van der Waals surface area (Å²) in [5.41, 5.74) is 1.40. The van der Waals surface area contributed by atoms with E-state index in [-0.39, 0.29) is 12.2 Å². The van der Waals surface area contributed by atoms with Crippen LogP contribution < -0.4 is 0 Å². The third kappa shape index (κ3) is 2.90. The monoisotopic (exact) mass is 319 g/mol. The van der Waals surface area contributed by atoms with Crippen LogP contribution in [-0.2, 0) is 21.1 Å². The maximum absolute atomic E-state index is 12.5. The number of para-hydroxylation sites is 1. The van der Waals surface area contributed by atoms with Crippen LogP contribution in [0.1, 0.15) is 33.4 Å². The molecule has 0 fully saturated rings. The van der Waals surface area contributed by atoms with Crippen molar-refractivity contribution in [3.63, 3.8) is 0 Å². The molecule has 0 atom stereocenters. The molecule has 1 heterocycles. The quantitative estimate of drug-likeness (QED) is 0.850. The van der Waals surface area contributed by atoms with E-state index >= 15 is 0 Å². The van der Waals surface area contributed by atoms with E-state index in [1.54, 1.807) is 19.9 Å². The van der Waals surface area contributed by atoms with E-state index in [0.717, 1.165) is 10.9 Å². The smallest absolute Gasteiger partial charge is 0.164 e. The molecule has 0 aliphatic rings. The van der Waals surface area contributed by atoms with Crippen molar-refractivity contribution in [1.29, 1.82) is 0 Å². The van der Waals surface area contributed by atoms with E-state index in [1.807, 2.05) is 30.3 Å². The van der Waals surface area contributed by atoms with Crippen LogP contribution in [0.5, 0.6) is 0 Å². The summed E-state index contributed by atoms with van der Waals surface area (Å²) in [6.07, 6.45) is 0.0176. The first kappa shape index (κ1) is 16.6. The summed E-state index contributed by atoms with van der Waals surface area (Å²) in [5, 5.41) is 0.406. The van der Waals surface area contributed by atoms with Gasteiger partial charge in [-0.3, -0.25) is 9.78 Å². The number of nitrogens with zero attached hydrogens (tertiary/aromatic N) is 1. The number of aromatic nitrogens is 1. The number of pyridine rings is 1. The van der Waals surface area contributed by atoms with Gasteiger partial charge in [-0.05, 0) is 39.8 Å². The van der Waals surface area contributed by atoms with Gasteiger partial charge in [0.1, 0.15) is 4.75 Å². The first-order valence-corrected chi connectivity index (χ1v) is 8.82. The summed E-state index contributed by atoms with van der Waals surface area (Å²) in [7, 11) is -3.52. The summed E-state index contributed by atoms with van der Waals surface area (Å²) >= 11 is 0. The Kier molecular flexibility index (Phi) is 4.38. The molecule has 118 valence electrons. The lowest BCUT2D eigenvalue weighted by atomic mass is 10.0. The molecule has 4 nitrogen and oxygen atoms in total. The van der Waals surface area contributed by atoms with E-state index in [4.69, 9.17) is 0 Å². The van der Waals surface area contributed by atoms with Gasteiger partial charge in [-0.15, -0.1) is 0 Å². The van der Waals surface area contributed by atoms with Crippen LogP contribution in [0.15, 0.2) is 36.4 Å². The van der Waals surface area contributed by atoms with Gasteiger partial charge in [0.25, 0.3) is 0 Å². The molecule has 0 unspecified atom stereocenters. The molecule has 0 spiro atoms. The Morgan fingerprint density at radius 2 is 1.77 bits per heavy atom. The van der Waals surface area contributed by atoms with Crippen molar-refractivity contribution in [2.75, 3.05) is 0 Å². The molecule has 0 bridgehead atoms. The highest BCUT2D eigenvalue weighted by molar-refractivity contribution is 7.94. The first-order valence-electron chi connectivity index (χ1n) is 7.27. The lowest BCUT2D eigenvalue weighted by Gasteiger charge is -2.25. The van der Waals surface area contributed by atoms with Crippen LogP contribution in [0.25, 0.3) is 10.9 Å². The van der Waals surface area contributed by atoms with E-state index in [1.165, 1.54) is 13.8 Å². The number of hydrogen-bond acceptors (Lipinski definition) is 4. The van der Waals surface area contributed by atoms with Crippen molar-refractivity contribution >= 4 is 26.5 Å². The fraction of sp³-hybridized carbons (Fsp3) is 0.412. The molecule has 22 heavy (non-hydrogen) atoms. The maximum Gasteiger partial charge on any atom is 0.164 e. The molecule has 0 aliphatic heterocycles.